The summed E-state index contributed by atoms with van der Waals surface area (Å²) in [7, 11) is 0. The predicted molar refractivity (Wildman–Crippen MR) is 120 cm³/mol. The molecule has 0 saturated heterocycles. The van der Waals surface area contributed by atoms with Crippen molar-refractivity contribution in [3.05, 3.63) is 118 Å². The van der Waals surface area contributed by atoms with E-state index in [-0.39, 0.29) is 0 Å². The van der Waals surface area contributed by atoms with E-state index in [1.54, 1.807) is 0 Å². The summed E-state index contributed by atoms with van der Waals surface area (Å²) in [5, 5.41) is 4.99. The average Bonchev–Trinajstić information content (AvgIpc) is 2.96. The number of allylic oxidation sites excluding steroid dienone is 1. The second kappa shape index (κ2) is 6.85. The van der Waals surface area contributed by atoms with Gasteiger partial charge in [-0.1, -0.05) is 78.4 Å². The molecule has 1 aliphatic rings. The van der Waals surface area contributed by atoms with Gasteiger partial charge in [-0.2, -0.15) is 0 Å². The van der Waals surface area contributed by atoms with Gasteiger partial charge in [0.1, 0.15) is 0 Å². The molecule has 28 heavy (non-hydrogen) atoms. The molecule has 4 aromatic rings. The van der Waals surface area contributed by atoms with E-state index in [2.05, 4.69) is 110 Å². The van der Waals surface area contributed by atoms with Gasteiger partial charge in [0.05, 0.1) is 0 Å². The Bertz CT molecular complexity index is 1380. The minimum absolute atomic E-state index is 1.12. The summed E-state index contributed by atoms with van der Waals surface area (Å²) in [6.45, 7) is 2.11. The van der Waals surface area contributed by atoms with Crippen molar-refractivity contribution in [3.8, 4) is 11.1 Å². The Morgan fingerprint density at radius 1 is 0.607 bits per heavy atom. The maximum absolute atomic E-state index is 3.43. The number of aryl methyl sites for hydroxylation is 1. The summed E-state index contributed by atoms with van der Waals surface area (Å²) in [5.74, 6) is 0. The standard InChI is InChI=1S/C28H20/c1-20-9-11-22(12-10-20)24-7-4-8-25-19-28(16-15-26(25)18-24)27-14-13-21-5-2-3-6-23(21)17-27/h2-6,8-19H,1H3. The van der Waals surface area contributed by atoms with Crippen LogP contribution in [0, 0.1) is 6.92 Å². The Morgan fingerprint density at radius 3 is 2.18 bits per heavy atom. The van der Waals surface area contributed by atoms with E-state index in [4.69, 9.17) is 0 Å². The van der Waals surface area contributed by atoms with Crippen molar-refractivity contribution in [1.82, 2.24) is 0 Å². The van der Waals surface area contributed by atoms with Gasteiger partial charge in [-0.3, -0.25) is 0 Å². The number of benzene rings is 4. The van der Waals surface area contributed by atoms with E-state index in [1.165, 1.54) is 43.5 Å². The normalized spacial score (nSPS) is 12.5. The van der Waals surface area contributed by atoms with Crippen LogP contribution in [0.25, 0.3) is 39.6 Å². The molecular weight excluding hydrogens is 336 g/mol. The molecule has 0 aliphatic heterocycles. The lowest BCUT2D eigenvalue weighted by atomic mass is 9.99. The van der Waals surface area contributed by atoms with Crippen LogP contribution in [-0.4, -0.2) is 0 Å². The summed E-state index contributed by atoms with van der Waals surface area (Å²) < 4.78 is 0. The SMILES string of the molecule is Cc1ccc(C2=C=CC=c3cc(-c4ccc5ccccc5c4)ccc3=C2)cc1. The van der Waals surface area contributed by atoms with E-state index in [9.17, 15) is 0 Å². The Kier molecular flexibility index (Phi) is 4.05. The summed E-state index contributed by atoms with van der Waals surface area (Å²) >= 11 is 0. The van der Waals surface area contributed by atoms with Crippen LogP contribution in [0.5, 0.6) is 0 Å². The van der Waals surface area contributed by atoms with Crippen LogP contribution in [-0.2, 0) is 0 Å². The number of rotatable bonds is 2. The first kappa shape index (κ1) is 16.6. The summed E-state index contributed by atoms with van der Waals surface area (Å²) in [5.41, 5.74) is 9.50. The van der Waals surface area contributed by atoms with E-state index in [0.717, 1.165) is 5.57 Å². The number of hydrogen-bond acceptors (Lipinski definition) is 0. The molecule has 0 heterocycles. The van der Waals surface area contributed by atoms with Crippen molar-refractivity contribution in [2.75, 3.05) is 0 Å². The topological polar surface area (TPSA) is 0 Å². The van der Waals surface area contributed by atoms with Crippen LogP contribution in [0.15, 0.2) is 96.7 Å². The summed E-state index contributed by atoms with van der Waals surface area (Å²) in [6, 6.07) is 30.5. The van der Waals surface area contributed by atoms with E-state index < -0.39 is 0 Å². The molecule has 0 atom stereocenters. The average molecular weight is 356 g/mol. The Morgan fingerprint density at radius 2 is 1.32 bits per heavy atom. The highest BCUT2D eigenvalue weighted by molar-refractivity contribution is 5.90. The predicted octanol–water partition coefficient (Wildman–Crippen LogP) is 5.63. The minimum atomic E-state index is 1.12. The molecule has 0 saturated carbocycles. The van der Waals surface area contributed by atoms with Crippen molar-refractivity contribution >= 4 is 28.5 Å². The highest BCUT2D eigenvalue weighted by Crippen LogP contribution is 2.23. The van der Waals surface area contributed by atoms with Crippen molar-refractivity contribution in [1.29, 1.82) is 0 Å². The molecule has 4 aromatic carbocycles. The van der Waals surface area contributed by atoms with Crippen molar-refractivity contribution in [2.24, 2.45) is 0 Å². The van der Waals surface area contributed by atoms with Gasteiger partial charge in [0.2, 0.25) is 0 Å². The van der Waals surface area contributed by atoms with Gasteiger partial charge < -0.3 is 0 Å². The second-order valence-electron chi connectivity index (χ2n) is 7.31. The number of fused-ring (bicyclic) bond motifs is 2. The van der Waals surface area contributed by atoms with E-state index >= 15 is 0 Å². The molecule has 0 heteroatoms. The minimum Gasteiger partial charge on any atom is -0.112 e. The summed E-state index contributed by atoms with van der Waals surface area (Å²) in [6.07, 6.45) is 6.41. The third-order valence-corrected chi connectivity index (χ3v) is 5.33. The van der Waals surface area contributed by atoms with Crippen molar-refractivity contribution in [3.63, 3.8) is 0 Å². The zero-order valence-electron chi connectivity index (χ0n) is 15.8. The first-order valence-electron chi connectivity index (χ1n) is 9.61. The third-order valence-electron chi connectivity index (χ3n) is 5.33. The molecular formula is C28H20. The molecule has 0 unspecified atom stereocenters. The number of hydrogen-bond donors (Lipinski definition) is 0. The molecule has 0 fully saturated rings. The zero-order valence-corrected chi connectivity index (χ0v) is 15.8. The van der Waals surface area contributed by atoms with Gasteiger partial charge in [-0.15, -0.1) is 5.73 Å². The van der Waals surface area contributed by atoms with Crippen LogP contribution in [0.3, 0.4) is 0 Å². The van der Waals surface area contributed by atoms with Crippen molar-refractivity contribution < 1.29 is 0 Å². The fourth-order valence-electron chi connectivity index (χ4n) is 3.72. The van der Waals surface area contributed by atoms with Crippen LogP contribution < -0.4 is 10.4 Å². The maximum Gasteiger partial charge on any atom is 0.0243 e. The molecule has 0 bridgehead atoms. The van der Waals surface area contributed by atoms with Gasteiger partial charge in [0.15, 0.2) is 0 Å². The molecule has 0 N–H and O–H groups in total. The smallest absolute Gasteiger partial charge is 0.0243 e. The summed E-state index contributed by atoms with van der Waals surface area (Å²) in [4.78, 5) is 0. The largest absolute Gasteiger partial charge is 0.112 e. The maximum atomic E-state index is 3.43. The van der Waals surface area contributed by atoms with Gasteiger partial charge in [0.25, 0.3) is 0 Å². The Balaban J connectivity index is 1.59. The monoisotopic (exact) mass is 356 g/mol. The Labute approximate surface area is 165 Å². The van der Waals surface area contributed by atoms with Gasteiger partial charge >= 0.3 is 0 Å². The van der Waals surface area contributed by atoms with Crippen LogP contribution >= 0.6 is 0 Å². The second-order valence-corrected chi connectivity index (χ2v) is 7.31. The molecule has 0 nitrogen and oxygen atoms in total. The Hall–Kier alpha value is -3.60. The van der Waals surface area contributed by atoms with Crippen molar-refractivity contribution in [2.45, 2.75) is 6.92 Å². The molecule has 0 spiro atoms. The van der Waals surface area contributed by atoms with Gasteiger partial charge in [-0.25, -0.2) is 0 Å². The highest BCUT2D eigenvalue weighted by Gasteiger charge is 2.03. The quantitative estimate of drug-likeness (QED) is 0.408. The fraction of sp³-hybridized carbons (Fsp3) is 0.0357. The lowest BCUT2D eigenvalue weighted by Crippen LogP contribution is -2.23. The van der Waals surface area contributed by atoms with E-state index in [0.29, 0.717) is 0 Å². The van der Waals surface area contributed by atoms with Crippen LogP contribution in [0.1, 0.15) is 11.1 Å². The fourth-order valence-corrected chi connectivity index (χ4v) is 3.72. The van der Waals surface area contributed by atoms with Crippen LogP contribution in [0.2, 0.25) is 0 Å². The molecule has 0 radical (unpaired) electrons. The molecule has 132 valence electrons. The van der Waals surface area contributed by atoms with Gasteiger partial charge in [0, 0.05) is 5.57 Å². The highest BCUT2D eigenvalue weighted by atomic mass is 14.1. The first-order valence-corrected chi connectivity index (χ1v) is 9.61. The molecule has 5 rings (SSSR count). The molecule has 0 aromatic heterocycles. The van der Waals surface area contributed by atoms with E-state index in [1.807, 2.05) is 6.08 Å². The molecule has 0 amide bonds. The lowest BCUT2D eigenvalue weighted by molar-refractivity contribution is 1.46. The first-order chi connectivity index (χ1) is 13.8. The molecule has 1 aliphatic carbocycles. The van der Waals surface area contributed by atoms with Gasteiger partial charge in [-0.05, 0) is 75.2 Å². The third kappa shape index (κ3) is 3.11. The van der Waals surface area contributed by atoms with Crippen LogP contribution in [0.4, 0.5) is 0 Å². The lowest BCUT2D eigenvalue weighted by Gasteiger charge is -2.05. The zero-order chi connectivity index (χ0) is 18.9.